The van der Waals surface area contributed by atoms with E-state index in [1.807, 2.05) is 6.07 Å². The van der Waals surface area contributed by atoms with E-state index in [2.05, 4.69) is 28.2 Å². The molecule has 0 saturated heterocycles. The standard InChI is InChI=1S/C22H21N3O3S/c1-5-10-27-11-9-22(3,15-23)25-20(26)21(29-4)28-18-7-8-19-17(13-18)12-16(6-2)14-24-19/h1-2,7-8,12-14,21H,9-11H2,3-4H3,(H,25,26). The van der Waals surface area contributed by atoms with Crippen molar-refractivity contribution in [3.05, 3.63) is 36.0 Å². The van der Waals surface area contributed by atoms with Gasteiger partial charge in [0.1, 0.15) is 17.9 Å². The van der Waals surface area contributed by atoms with Gasteiger partial charge in [-0.15, -0.1) is 24.6 Å². The summed E-state index contributed by atoms with van der Waals surface area (Å²) in [6.07, 6.45) is 14.2. The molecule has 1 aromatic heterocycles. The summed E-state index contributed by atoms with van der Waals surface area (Å²) >= 11 is 1.22. The fraction of sp³-hybridized carbons (Fsp3) is 0.318. The number of nitriles is 1. The third-order valence-electron chi connectivity index (χ3n) is 4.07. The number of hydrogen-bond acceptors (Lipinski definition) is 6. The summed E-state index contributed by atoms with van der Waals surface area (Å²) in [4.78, 5) is 17.0. The highest BCUT2D eigenvalue weighted by atomic mass is 32.2. The van der Waals surface area contributed by atoms with E-state index in [1.165, 1.54) is 11.8 Å². The number of aromatic nitrogens is 1. The summed E-state index contributed by atoms with van der Waals surface area (Å²) in [5.41, 5.74) is -0.510. The first kappa shape index (κ1) is 22.1. The first-order chi connectivity index (χ1) is 13.9. The molecule has 0 fully saturated rings. The molecule has 0 spiro atoms. The molecule has 148 valence electrons. The monoisotopic (exact) mass is 407 g/mol. The maximum Gasteiger partial charge on any atom is 0.272 e. The summed E-state index contributed by atoms with van der Waals surface area (Å²) in [6, 6.07) is 9.24. The van der Waals surface area contributed by atoms with Crippen molar-refractivity contribution < 1.29 is 14.3 Å². The first-order valence-electron chi connectivity index (χ1n) is 8.75. The Morgan fingerprint density at radius 3 is 2.86 bits per heavy atom. The zero-order valence-corrected chi connectivity index (χ0v) is 17.1. The third kappa shape index (κ3) is 6.16. The number of carbonyl (C=O) groups excluding carboxylic acids is 1. The minimum atomic E-state index is -1.10. The van der Waals surface area contributed by atoms with Crippen LogP contribution in [0.1, 0.15) is 18.9 Å². The first-order valence-corrected chi connectivity index (χ1v) is 10.0. The molecule has 2 rings (SSSR count). The molecule has 2 atom stereocenters. The molecule has 1 N–H and O–H groups in total. The lowest BCUT2D eigenvalue weighted by molar-refractivity contribution is -0.125. The van der Waals surface area contributed by atoms with Gasteiger partial charge in [-0.05, 0) is 37.4 Å². The van der Waals surface area contributed by atoms with Crippen molar-refractivity contribution in [2.24, 2.45) is 0 Å². The predicted octanol–water partition coefficient (Wildman–Crippen LogP) is 2.72. The Bertz CT molecular complexity index is 1000. The second-order valence-electron chi connectivity index (χ2n) is 6.35. The van der Waals surface area contributed by atoms with Crippen molar-refractivity contribution in [2.45, 2.75) is 24.3 Å². The zero-order valence-electron chi connectivity index (χ0n) is 16.3. The van der Waals surface area contributed by atoms with Crippen LogP contribution in [0, 0.1) is 36.0 Å². The molecule has 29 heavy (non-hydrogen) atoms. The topological polar surface area (TPSA) is 84.2 Å². The fourth-order valence-corrected chi connectivity index (χ4v) is 2.96. The molecule has 1 heterocycles. The fourth-order valence-electron chi connectivity index (χ4n) is 2.48. The number of hydrogen-bond donors (Lipinski definition) is 1. The molecule has 0 aliphatic heterocycles. The number of carbonyl (C=O) groups is 1. The lowest BCUT2D eigenvalue weighted by atomic mass is 10.0. The Hall–Kier alpha value is -3.18. The second kappa shape index (κ2) is 10.4. The van der Waals surface area contributed by atoms with Gasteiger partial charge in [0.2, 0.25) is 5.44 Å². The predicted molar refractivity (Wildman–Crippen MR) is 114 cm³/mol. The Labute approximate surface area is 175 Å². The Morgan fingerprint density at radius 2 is 2.21 bits per heavy atom. The van der Waals surface area contributed by atoms with Crippen molar-refractivity contribution in [1.82, 2.24) is 10.3 Å². The highest BCUT2D eigenvalue weighted by molar-refractivity contribution is 7.99. The van der Waals surface area contributed by atoms with E-state index in [-0.39, 0.29) is 13.2 Å². The van der Waals surface area contributed by atoms with Gasteiger partial charge in [-0.1, -0.05) is 11.8 Å². The van der Waals surface area contributed by atoms with Gasteiger partial charge < -0.3 is 14.8 Å². The van der Waals surface area contributed by atoms with Gasteiger partial charge in [0.15, 0.2) is 0 Å². The number of terminal acetylenes is 2. The quantitative estimate of drug-likeness (QED) is 0.391. The van der Waals surface area contributed by atoms with Crippen LogP contribution in [-0.2, 0) is 9.53 Å². The average Bonchev–Trinajstić information content (AvgIpc) is 2.74. The summed E-state index contributed by atoms with van der Waals surface area (Å²) in [5, 5.41) is 13.0. The van der Waals surface area contributed by atoms with Crippen LogP contribution in [0.25, 0.3) is 10.9 Å². The van der Waals surface area contributed by atoms with Crippen molar-refractivity contribution in [2.75, 3.05) is 19.5 Å². The number of rotatable bonds is 9. The summed E-state index contributed by atoms with van der Waals surface area (Å²) in [5.74, 6) is 4.99. The summed E-state index contributed by atoms with van der Waals surface area (Å²) in [7, 11) is 0. The second-order valence-corrected chi connectivity index (χ2v) is 7.25. The normalized spacial score (nSPS) is 13.3. The van der Waals surface area contributed by atoms with Crippen LogP contribution >= 0.6 is 11.8 Å². The van der Waals surface area contributed by atoms with Crippen molar-refractivity contribution >= 4 is 28.6 Å². The van der Waals surface area contributed by atoms with Crippen LogP contribution in [0.2, 0.25) is 0 Å². The number of benzene rings is 1. The molecule has 0 aliphatic rings. The SMILES string of the molecule is C#CCOCCC(C)(C#N)NC(=O)C(Oc1ccc2ncc(C#C)cc2c1)SC. The van der Waals surface area contributed by atoms with Gasteiger partial charge in [-0.2, -0.15) is 5.26 Å². The average molecular weight is 407 g/mol. The summed E-state index contributed by atoms with van der Waals surface area (Å²) in [6.45, 7) is 2.04. The van der Waals surface area contributed by atoms with Gasteiger partial charge >= 0.3 is 0 Å². The van der Waals surface area contributed by atoms with E-state index in [4.69, 9.17) is 22.3 Å². The number of pyridine rings is 1. The number of thioether (sulfide) groups is 1. The number of nitrogens with one attached hydrogen (secondary N) is 1. The van der Waals surface area contributed by atoms with Gasteiger partial charge in [-0.3, -0.25) is 9.78 Å². The number of amides is 1. The van der Waals surface area contributed by atoms with E-state index in [0.717, 1.165) is 10.9 Å². The molecule has 7 heteroatoms. The molecule has 0 saturated carbocycles. The minimum absolute atomic E-state index is 0.157. The van der Waals surface area contributed by atoms with Gasteiger partial charge in [0, 0.05) is 23.6 Å². The molecule has 2 aromatic rings. The Kier molecular flexibility index (Phi) is 7.92. The van der Waals surface area contributed by atoms with E-state index < -0.39 is 16.9 Å². The minimum Gasteiger partial charge on any atom is -0.470 e. The molecular formula is C22H21N3O3S. The molecule has 0 bridgehead atoms. The lowest BCUT2D eigenvalue weighted by Crippen LogP contribution is -2.50. The lowest BCUT2D eigenvalue weighted by Gasteiger charge is -2.26. The third-order valence-corrected chi connectivity index (χ3v) is 4.81. The molecule has 6 nitrogen and oxygen atoms in total. The van der Waals surface area contributed by atoms with E-state index in [1.54, 1.807) is 37.6 Å². The van der Waals surface area contributed by atoms with Crippen LogP contribution in [0.5, 0.6) is 5.75 Å². The molecule has 1 aromatic carbocycles. The van der Waals surface area contributed by atoms with Crippen LogP contribution in [-0.4, -0.2) is 41.3 Å². The van der Waals surface area contributed by atoms with Crippen molar-refractivity contribution in [3.63, 3.8) is 0 Å². The maximum absolute atomic E-state index is 12.7. The molecular weight excluding hydrogens is 386 g/mol. The zero-order chi connectivity index (χ0) is 21.3. The van der Waals surface area contributed by atoms with Gasteiger partial charge in [0.25, 0.3) is 5.91 Å². The molecule has 0 radical (unpaired) electrons. The Balaban J connectivity index is 2.09. The highest BCUT2D eigenvalue weighted by Crippen LogP contribution is 2.23. The van der Waals surface area contributed by atoms with Crippen molar-refractivity contribution in [1.29, 1.82) is 5.26 Å². The van der Waals surface area contributed by atoms with Crippen molar-refractivity contribution in [3.8, 4) is 36.5 Å². The van der Waals surface area contributed by atoms with Crippen LogP contribution in [0.3, 0.4) is 0 Å². The molecule has 1 amide bonds. The van der Waals surface area contributed by atoms with Gasteiger partial charge in [0.05, 0.1) is 18.2 Å². The number of fused-ring (bicyclic) bond motifs is 1. The van der Waals surface area contributed by atoms with E-state index in [9.17, 15) is 10.1 Å². The maximum atomic E-state index is 12.7. The smallest absolute Gasteiger partial charge is 0.272 e. The summed E-state index contributed by atoms with van der Waals surface area (Å²) < 4.78 is 11.1. The Morgan fingerprint density at radius 1 is 1.41 bits per heavy atom. The van der Waals surface area contributed by atoms with Crippen LogP contribution in [0.4, 0.5) is 0 Å². The van der Waals surface area contributed by atoms with E-state index >= 15 is 0 Å². The van der Waals surface area contributed by atoms with E-state index in [0.29, 0.717) is 17.7 Å². The van der Waals surface area contributed by atoms with Gasteiger partial charge in [-0.25, -0.2) is 0 Å². The molecule has 0 aliphatic carbocycles. The number of nitrogens with zero attached hydrogens (tertiary/aromatic N) is 2. The van der Waals surface area contributed by atoms with Crippen LogP contribution in [0.15, 0.2) is 30.5 Å². The number of ether oxygens (including phenoxy) is 2. The van der Waals surface area contributed by atoms with Crippen LogP contribution < -0.4 is 10.1 Å². The largest absolute Gasteiger partial charge is 0.470 e. The molecule has 2 unspecified atom stereocenters. The highest BCUT2D eigenvalue weighted by Gasteiger charge is 2.30.